The van der Waals surface area contributed by atoms with Gasteiger partial charge >= 0.3 is 0 Å². The third kappa shape index (κ3) is 2.41. The fourth-order valence-corrected chi connectivity index (χ4v) is 3.51. The van der Waals surface area contributed by atoms with Gasteiger partial charge in [-0.05, 0) is 31.6 Å². The van der Waals surface area contributed by atoms with Crippen LogP contribution in [0.25, 0.3) is 0 Å². The van der Waals surface area contributed by atoms with Crippen LogP contribution in [-0.2, 0) is 14.3 Å². The molecule has 0 radical (unpaired) electrons. The second-order valence-corrected chi connectivity index (χ2v) is 5.87. The third-order valence-electron chi connectivity index (χ3n) is 4.79. The summed E-state index contributed by atoms with van der Waals surface area (Å²) in [6.07, 6.45) is 4.13. The molecular formula is C14H24O3. The molecule has 2 fully saturated rings. The second-order valence-electron chi connectivity index (χ2n) is 5.87. The lowest BCUT2D eigenvalue weighted by Crippen LogP contribution is -2.48. The Morgan fingerprint density at radius 3 is 2.53 bits per heavy atom. The highest BCUT2D eigenvalue weighted by molar-refractivity contribution is 5.75. The molecule has 2 aliphatic rings. The molecule has 2 rings (SSSR count). The Bertz CT molecular complexity index is 283. The molecule has 1 saturated carbocycles. The zero-order chi connectivity index (χ0) is 12.5. The summed E-state index contributed by atoms with van der Waals surface area (Å²) in [4.78, 5) is 11.4. The van der Waals surface area contributed by atoms with Gasteiger partial charge in [-0.1, -0.05) is 20.3 Å². The quantitative estimate of drug-likeness (QED) is 0.761. The summed E-state index contributed by atoms with van der Waals surface area (Å²) >= 11 is 0. The van der Waals surface area contributed by atoms with Crippen molar-refractivity contribution in [1.29, 1.82) is 0 Å². The average Bonchev–Trinajstić information content (AvgIpc) is 2.78. The van der Waals surface area contributed by atoms with Crippen molar-refractivity contribution >= 4 is 5.78 Å². The number of ketones is 1. The number of carbonyl (C=O) groups excluding carboxylic acids is 1. The van der Waals surface area contributed by atoms with E-state index < -0.39 is 0 Å². The van der Waals surface area contributed by atoms with Crippen molar-refractivity contribution in [2.75, 3.05) is 13.2 Å². The lowest BCUT2D eigenvalue weighted by molar-refractivity contribution is -0.182. The minimum Gasteiger partial charge on any atom is -0.350 e. The summed E-state index contributed by atoms with van der Waals surface area (Å²) in [7, 11) is 0. The monoisotopic (exact) mass is 240 g/mol. The standard InChI is InChI=1S/C14H24O3/c1-10-5-4-6-12(9-11(2)15)14(10,3)13-16-7-8-17-13/h10,12-13H,4-9H2,1-3H3/t10-,12+,14+/m1/s1. The van der Waals surface area contributed by atoms with Gasteiger partial charge in [-0.15, -0.1) is 0 Å². The van der Waals surface area contributed by atoms with E-state index in [0.29, 0.717) is 31.5 Å². The Morgan fingerprint density at radius 1 is 1.29 bits per heavy atom. The maximum Gasteiger partial charge on any atom is 0.163 e. The van der Waals surface area contributed by atoms with Crippen LogP contribution in [0.4, 0.5) is 0 Å². The molecule has 0 N–H and O–H groups in total. The largest absolute Gasteiger partial charge is 0.350 e. The molecule has 17 heavy (non-hydrogen) atoms. The fourth-order valence-electron chi connectivity index (χ4n) is 3.51. The maximum absolute atomic E-state index is 11.4. The predicted molar refractivity (Wildman–Crippen MR) is 65.6 cm³/mol. The van der Waals surface area contributed by atoms with Gasteiger partial charge in [-0.3, -0.25) is 0 Å². The topological polar surface area (TPSA) is 35.5 Å². The minimum absolute atomic E-state index is 0.000417. The third-order valence-corrected chi connectivity index (χ3v) is 4.79. The molecule has 0 aromatic carbocycles. The second kappa shape index (κ2) is 5.07. The number of carbonyl (C=O) groups is 1. The Hall–Kier alpha value is -0.410. The van der Waals surface area contributed by atoms with E-state index in [1.807, 2.05) is 0 Å². The number of hydrogen-bond acceptors (Lipinski definition) is 3. The number of Topliss-reactive ketones (excluding diaryl/α,β-unsaturated/α-hetero) is 1. The van der Waals surface area contributed by atoms with Gasteiger partial charge in [-0.25, -0.2) is 0 Å². The van der Waals surface area contributed by atoms with E-state index >= 15 is 0 Å². The van der Waals surface area contributed by atoms with Crippen molar-refractivity contribution in [2.45, 2.75) is 52.7 Å². The van der Waals surface area contributed by atoms with Gasteiger partial charge in [0.2, 0.25) is 0 Å². The normalized spacial score (nSPS) is 39.5. The average molecular weight is 240 g/mol. The molecule has 98 valence electrons. The van der Waals surface area contributed by atoms with Crippen LogP contribution in [0.3, 0.4) is 0 Å². The highest BCUT2D eigenvalue weighted by Gasteiger charge is 2.50. The molecule has 0 unspecified atom stereocenters. The van der Waals surface area contributed by atoms with Gasteiger partial charge in [0.1, 0.15) is 5.78 Å². The lowest BCUT2D eigenvalue weighted by Gasteiger charge is -2.48. The zero-order valence-electron chi connectivity index (χ0n) is 11.2. The summed E-state index contributed by atoms with van der Waals surface area (Å²) < 4.78 is 11.5. The molecule has 3 heteroatoms. The van der Waals surface area contributed by atoms with Crippen LogP contribution in [0, 0.1) is 17.3 Å². The fraction of sp³-hybridized carbons (Fsp3) is 0.929. The SMILES string of the molecule is CC(=O)C[C@@H]1CCC[C@@H](C)[C@]1(C)C1OCCO1. The van der Waals surface area contributed by atoms with Crippen molar-refractivity contribution in [1.82, 2.24) is 0 Å². The van der Waals surface area contributed by atoms with Crippen LogP contribution in [0.2, 0.25) is 0 Å². The highest BCUT2D eigenvalue weighted by Crippen LogP contribution is 2.51. The molecule has 1 saturated heterocycles. The smallest absolute Gasteiger partial charge is 0.163 e. The van der Waals surface area contributed by atoms with E-state index in [9.17, 15) is 4.79 Å². The summed E-state index contributed by atoms with van der Waals surface area (Å²) in [5.74, 6) is 1.25. The van der Waals surface area contributed by atoms with Crippen LogP contribution in [-0.4, -0.2) is 25.3 Å². The Labute approximate surface area is 104 Å². The molecule has 0 spiro atoms. The Balaban J connectivity index is 2.18. The van der Waals surface area contributed by atoms with E-state index in [4.69, 9.17) is 9.47 Å². The van der Waals surface area contributed by atoms with Crippen molar-refractivity contribution in [2.24, 2.45) is 17.3 Å². The van der Waals surface area contributed by atoms with Crippen molar-refractivity contribution < 1.29 is 14.3 Å². The van der Waals surface area contributed by atoms with Crippen LogP contribution in [0.5, 0.6) is 0 Å². The Kier molecular flexibility index (Phi) is 3.88. The van der Waals surface area contributed by atoms with Crippen molar-refractivity contribution in [3.8, 4) is 0 Å². The molecule has 0 amide bonds. The molecule has 1 aliphatic carbocycles. The lowest BCUT2D eigenvalue weighted by atomic mass is 9.60. The van der Waals surface area contributed by atoms with Crippen molar-refractivity contribution in [3.63, 3.8) is 0 Å². The van der Waals surface area contributed by atoms with E-state index in [2.05, 4.69) is 13.8 Å². The first-order chi connectivity index (χ1) is 8.05. The summed E-state index contributed by atoms with van der Waals surface area (Å²) in [6.45, 7) is 7.60. The highest BCUT2D eigenvalue weighted by atomic mass is 16.7. The van der Waals surface area contributed by atoms with Crippen LogP contribution in [0.1, 0.15) is 46.5 Å². The molecule has 1 heterocycles. The summed E-state index contributed by atoms with van der Waals surface area (Å²) in [6, 6.07) is 0. The van der Waals surface area contributed by atoms with Gasteiger partial charge in [-0.2, -0.15) is 0 Å². The number of ether oxygens (including phenoxy) is 2. The predicted octanol–water partition coefficient (Wildman–Crippen LogP) is 2.78. The van der Waals surface area contributed by atoms with Crippen LogP contribution >= 0.6 is 0 Å². The molecular weight excluding hydrogens is 216 g/mol. The first kappa shape index (κ1) is 13.0. The van der Waals surface area contributed by atoms with Gasteiger partial charge in [0.25, 0.3) is 0 Å². The van der Waals surface area contributed by atoms with E-state index in [1.54, 1.807) is 6.92 Å². The summed E-state index contributed by atoms with van der Waals surface area (Å²) in [5, 5.41) is 0. The first-order valence-electron chi connectivity index (χ1n) is 6.77. The first-order valence-corrected chi connectivity index (χ1v) is 6.77. The van der Waals surface area contributed by atoms with Crippen molar-refractivity contribution in [3.05, 3.63) is 0 Å². The van der Waals surface area contributed by atoms with Crippen LogP contribution in [0.15, 0.2) is 0 Å². The number of rotatable bonds is 3. The molecule has 1 aliphatic heterocycles. The molecule has 0 bridgehead atoms. The molecule has 0 aromatic rings. The van der Waals surface area contributed by atoms with Gasteiger partial charge in [0.15, 0.2) is 6.29 Å². The summed E-state index contributed by atoms with van der Waals surface area (Å²) in [5.41, 5.74) is 0.000417. The Morgan fingerprint density at radius 2 is 1.94 bits per heavy atom. The number of hydrogen-bond donors (Lipinski definition) is 0. The van der Waals surface area contributed by atoms with E-state index in [0.717, 1.165) is 6.42 Å². The maximum atomic E-state index is 11.4. The minimum atomic E-state index is -0.109. The van der Waals surface area contributed by atoms with Gasteiger partial charge in [0, 0.05) is 11.8 Å². The van der Waals surface area contributed by atoms with E-state index in [1.165, 1.54) is 12.8 Å². The molecule has 3 nitrogen and oxygen atoms in total. The van der Waals surface area contributed by atoms with E-state index in [-0.39, 0.29) is 17.5 Å². The zero-order valence-corrected chi connectivity index (χ0v) is 11.2. The van der Waals surface area contributed by atoms with Gasteiger partial charge in [0.05, 0.1) is 13.2 Å². The molecule has 3 atom stereocenters. The van der Waals surface area contributed by atoms with Gasteiger partial charge < -0.3 is 14.3 Å². The van der Waals surface area contributed by atoms with Crippen LogP contribution < -0.4 is 0 Å². The molecule has 0 aromatic heterocycles.